The maximum Gasteiger partial charge on any atom is 0.216 e. The van der Waals surface area contributed by atoms with E-state index in [2.05, 4.69) is 20.4 Å². The van der Waals surface area contributed by atoms with Crippen LogP contribution in [0.5, 0.6) is 0 Å². The number of para-hydroxylation sites is 1. The van der Waals surface area contributed by atoms with E-state index in [9.17, 15) is 0 Å². The van der Waals surface area contributed by atoms with Gasteiger partial charge in [0.2, 0.25) is 4.77 Å². The first kappa shape index (κ1) is 13.4. The summed E-state index contributed by atoms with van der Waals surface area (Å²) < 4.78 is 3.87. The van der Waals surface area contributed by atoms with Gasteiger partial charge in [0.05, 0.1) is 23.3 Å². The fourth-order valence-electron chi connectivity index (χ4n) is 2.11. The van der Waals surface area contributed by atoms with E-state index >= 15 is 0 Å². The van der Waals surface area contributed by atoms with Gasteiger partial charge in [0.15, 0.2) is 0 Å². The van der Waals surface area contributed by atoms with Gasteiger partial charge in [0, 0.05) is 5.56 Å². The second-order valence-electron chi connectivity index (χ2n) is 4.58. The molecule has 0 saturated heterocycles. The number of benzene rings is 1. The zero-order valence-electron chi connectivity index (χ0n) is 11.7. The summed E-state index contributed by atoms with van der Waals surface area (Å²) in [6.07, 6.45) is 3.29. The molecule has 0 aliphatic carbocycles. The number of hydrogen-bond acceptors (Lipinski definition) is 4. The van der Waals surface area contributed by atoms with Crippen molar-refractivity contribution in [3.8, 4) is 5.69 Å². The molecule has 0 radical (unpaired) electrons. The van der Waals surface area contributed by atoms with Gasteiger partial charge in [0.1, 0.15) is 6.33 Å². The number of rotatable bonds is 3. The highest BCUT2D eigenvalue weighted by molar-refractivity contribution is 7.71. The van der Waals surface area contributed by atoms with Crippen molar-refractivity contribution < 1.29 is 0 Å². The normalized spacial score (nSPS) is 11.3. The fraction of sp³-hybridized carbons (Fsp3) is 0.143. The Morgan fingerprint density at radius 1 is 1.24 bits per heavy atom. The molecule has 6 nitrogen and oxygen atoms in total. The van der Waals surface area contributed by atoms with Crippen LogP contribution >= 0.6 is 12.2 Å². The van der Waals surface area contributed by atoms with E-state index in [0.717, 1.165) is 22.6 Å². The smallest absolute Gasteiger partial charge is 0.216 e. The zero-order chi connectivity index (χ0) is 14.8. The molecule has 0 atom stereocenters. The molecule has 1 N–H and O–H groups in total. The van der Waals surface area contributed by atoms with Crippen LogP contribution in [0.2, 0.25) is 0 Å². The second kappa shape index (κ2) is 5.45. The van der Waals surface area contributed by atoms with Gasteiger partial charge >= 0.3 is 0 Å². The first-order valence-corrected chi connectivity index (χ1v) is 6.85. The third-order valence-electron chi connectivity index (χ3n) is 3.19. The number of nitrogens with one attached hydrogen (secondary N) is 1. The quantitative estimate of drug-likeness (QED) is 0.597. The number of nitrogens with zero attached hydrogens (tertiary/aromatic N) is 5. The summed E-state index contributed by atoms with van der Waals surface area (Å²) in [7, 11) is 0. The molecule has 0 fully saturated rings. The highest BCUT2D eigenvalue weighted by Crippen LogP contribution is 2.16. The van der Waals surface area contributed by atoms with Crippen LogP contribution in [0.15, 0.2) is 41.8 Å². The Morgan fingerprint density at radius 3 is 2.67 bits per heavy atom. The van der Waals surface area contributed by atoms with E-state index in [0.29, 0.717) is 4.77 Å². The molecule has 0 saturated carbocycles. The van der Waals surface area contributed by atoms with Crippen molar-refractivity contribution >= 4 is 18.4 Å². The van der Waals surface area contributed by atoms with Crippen LogP contribution in [0.1, 0.15) is 17.0 Å². The third-order valence-corrected chi connectivity index (χ3v) is 3.47. The van der Waals surface area contributed by atoms with E-state index in [4.69, 9.17) is 12.2 Å². The van der Waals surface area contributed by atoms with Crippen LogP contribution in [-0.2, 0) is 0 Å². The van der Waals surface area contributed by atoms with E-state index < -0.39 is 0 Å². The summed E-state index contributed by atoms with van der Waals surface area (Å²) in [6.45, 7) is 3.98. The van der Waals surface area contributed by atoms with Crippen LogP contribution in [0.3, 0.4) is 0 Å². The van der Waals surface area contributed by atoms with Crippen molar-refractivity contribution in [3.05, 3.63) is 58.4 Å². The third kappa shape index (κ3) is 2.55. The van der Waals surface area contributed by atoms with E-state index in [1.54, 1.807) is 6.21 Å². The molecule has 0 aliphatic heterocycles. The van der Waals surface area contributed by atoms with Crippen LogP contribution in [0, 0.1) is 18.6 Å². The van der Waals surface area contributed by atoms with Crippen molar-refractivity contribution in [2.45, 2.75) is 13.8 Å². The maximum atomic E-state index is 5.06. The number of hydrogen-bond donors (Lipinski definition) is 1. The maximum absolute atomic E-state index is 5.06. The summed E-state index contributed by atoms with van der Waals surface area (Å²) >= 11 is 5.06. The Labute approximate surface area is 126 Å². The summed E-state index contributed by atoms with van der Waals surface area (Å²) in [6, 6.07) is 10.0. The van der Waals surface area contributed by atoms with Crippen molar-refractivity contribution in [3.63, 3.8) is 0 Å². The predicted octanol–water partition coefficient (Wildman–Crippen LogP) is 2.63. The molecule has 106 valence electrons. The molecule has 0 unspecified atom stereocenters. The van der Waals surface area contributed by atoms with Gasteiger partial charge in [-0.25, -0.2) is 4.68 Å². The largest absolute Gasteiger partial charge is 0.250 e. The minimum absolute atomic E-state index is 0.456. The average Bonchev–Trinajstić information content (AvgIpc) is 3.02. The first-order chi connectivity index (χ1) is 10.2. The SMILES string of the molecule is Cc1nn(-c2ccccc2)c(C)c1C=Nn1cn[nH]c1=S. The lowest BCUT2D eigenvalue weighted by molar-refractivity contribution is 0.833. The molecule has 0 amide bonds. The molecule has 7 heteroatoms. The molecule has 3 aromatic rings. The van der Waals surface area contributed by atoms with Crippen molar-refractivity contribution in [2.75, 3.05) is 0 Å². The lowest BCUT2D eigenvalue weighted by atomic mass is 10.2. The average molecular weight is 298 g/mol. The van der Waals surface area contributed by atoms with Gasteiger partial charge < -0.3 is 0 Å². The molecule has 2 aromatic heterocycles. The Morgan fingerprint density at radius 2 is 2.00 bits per heavy atom. The fourth-order valence-corrected chi connectivity index (χ4v) is 2.25. The number of H-pyrrole nitrogens is 1. The van der Waals surface area contributed by atoms with E-state index in [-0.39, 0.29) is 0 Å². The topological polar surface area (TPSA) is 63.8 Å². The van der Waals surface area contributed by atoms with Gasteiger partial charge in [-0.15, -0.1) is 0 Å². The van der Waals surface area contributed by atoms with Crippen molar-refractivity contribution in [2.24, 2.45) is 5.10 Å². The second-order valence-corrected chi connectivity index (χ2v) is 4.97. The Bertz CT molecular complexity index is 840. The van der Waals surface area contributed by atoms with E-state index in [1.807, 2.05) is 48.9 Å². The van der Waals surface area contributed by atoms with Crippen molar-refractivity contribution in [1.82, 2.24) is 24.7 Å². The number of aryl methyl sites for hydroxylation is 1. The molecule has 3 rings (SSSR count). The Balaban J connectivity index is 2.01. The highest BCUT2D eigenvalue weighted by Gasteiger charge is 2.10. The predicted molar refractivity (Wildman–Crippen MR) is 83.4 cm³/mol. The molecular weight excluding hydrogens is 284 g/mol. The summed E-state index contributed by atoms with van der Waals surface area (Å²) in [5.74, 6) is 0. The molecular formula is C14H14N6S. The molecule has 2 heterocycles. The summed E-state index contributed by atoms with van der Waals surface area (Å²) in [5, 5.41) is 15.4. The summed E-state index contributed by atoms with van der Waals surface area (Å²) in [4.78, 5) is 0. The van der Waals surface area contributed by atoms with Crippen LogP contribution < -0.4 is 0 Å². The minimum atomic E-state index is 0.456. The molecule has 0 aliphatic rings. The van der Waals surface area contributed by atoms with Gasteiger partial charge in [-0.1, -0.05) is 18.2 Å². The number of aromatic amines is 1. The first-order valence-electron chi connectivity index (χ1n) is 6.45. The van der Waals surface area contributed by atoms with Crippen LogP contribution in [-0.4, -0.2) is 30.9 Å². The lowest BCUT2D eigenvalue weighted by Crippen LogP contribution is -1.99. The lowest BCUT2D eigenvalue weighted by Gasteiger charge is -2.03. The van der Waals surface area contributed by atoms with Gasteiger partial charge in [-0.05, 0) is 38.2 Å². The Kier molecular flexibility index (Phi) is 3.49. The van der Waals surface area contributed by atoms with Gasteiger partial charge in [0.25, 0.3) is 0 Å². The molecule has 0 spiro atoms. The monoisotopic (exact) mass is 298 g/mol. The Hall–Kier alpha value is -2.54. The van der Waals surface area contributed by atoms with E-state index in [1.165, 1.54) is 11.0 Å². The van der Waals surface area contributed by atoms with Gasteiger partial charge in [-0.3, -0.25) is 5.10 Å². The highest BCUT2D eigenvalue weighted by atomic mass is 32.1. The zero-order valence-corrected chi connectivity index (χ0v) is 12.5. The molecule has 1 aromatic carbocycles. The van der Waals surface area contributed by atoms with Crippen molar-refractivity contribution in [1.29, 1.82) is 0 Å². The minimum Gasteiger partial charge on any atom is -0.250 e. The molecule has 0 bridgehead atoms. The number of aromatic nitrogens is 5. The molecule has 21 heavy (non-hydrogen) atoms. The van der Waals surface area contributed by atoms with Crippen LogP contribution in [0.4, 0.5) is 0 Å². The summed E-state index contributed by atoms with van der Waals surface area (Å²) in [5.41, 5.74) is 3.94. The van der Waals surface area contributed by atoms with Gasteiger partial charge in [-0.2, -0.15) is 20.0 Å². The van der Waals surface area contributed by atoms with Crippen LogP contribution in [0.25, 0.3) is 5.69 Å². The standard InChI is InChI=1S/C14H14N6S/c1-10-13(8-16-19-9-15-17-14(19)21)11(2)20(18-10)12-6-4-3-5-7-12/h3-9H,1-2H3,(H,17,21).